The highest BCUT2D eigenvalue weighted by molar-refractivity contribution is 6.04. The summed E-state index contributed by atoms with van der Waals surface area (Å²) in [7, 11) is 3.12. The molecule has 4 aliphatic heterocycles. The van der Waals surface area contributed by atoms with E-state index in [1.165, 1.54) is 5.56 Å². The summed E-state index contributed by atoms with van der Waals surface area (Å²) in [5, 5.41) is 0. The molecule has 0 saturated carbocycles. The molecule has 3 aromatic rings. The number of aliphatic imine (C=N–C) groups is 2. The number of fused-ring (bicyclic) bond motifs is 5. The van der Waals surface area contributed by atoms with Crippen molar-refractivity contribution in [1.29, 1.82) is 0 Å². The molecule has 0 aliphatic carbocycles. The first-order chi connectivity index (χ1) is 21.5. The van der Waals surface area contributed by atoms with E-state index in [1.54, 1.807) is 38.5 Å². The Morgan fingerprint density at radius 1 is 0.750 bits per heavy atom. The molecular weight excluding hydrogens is 560 g/mol. The van der Waals surface area contributed by atoms with Crippen LogP contribution in [0.5, 0.6) is 23.0 Å². The van der Waals surface area contributed by atoms with Crippen LogP contribution in [-0.4, -0.2) is 80.1 Å². The van der Waals surface area contributed by atoms with E-state index in [1.807, 2.05) is 34.4 Å². The summed E-state index contributed by atoms with van der Waals surface area (Å²) in [6.07, 6.45) is 6.92. The summed E-state index contributed by atoms with van der Waals surface area (Å²) in [5.74, 6) is 1.89. The van der Waals surface area contributed by atoms with Gasteiger partial charge in [-0.05, 0) is 42.5 Å². The number of carbonyl (C=O) groups excluding carboxylic acids is 2. The average molecular weight is 595 g/mol. The number of hydrogen-bond acceptors (Lipinski definition) is 8. The fourth-order valence-electron chi connectivity index (χ4n) is 6.37. The number of nitrogens with zero attached hydrogens (tertiary/aromatic N) is 4. The molecule has 0 unspecified atom stereocenters. The van der Waals surface area contributed by atoms with Gasteiger partial charge in [-0.25, -0.2) is 0 Å². The molecule has 44 heavy (non-hydrogen) atoms. The van der Waals surface area contributed by atoms with Gasteiger partial charge in [0.25, 0.3) is 11.8 Å². The standard InChI is InChI=1S/C34H34N4O6/c1-41-29-14-25-27(35-18-23-9-5-10-37(23)33(25)39)16-31(29)43-11-6-12-44-32-17-28-26(15-30(32)42-2)34(40)38-20-22-8-4-3-7-21(22)13-24(38)19-36-28/h3-4,7-8,14-19,23-24H,5-6,9-13,20H2,1-2H3/t23-,24+/m0/s1. The van der Waals surface area contributed by atoms with Gasteiger partial charge in [0.2, 0.25) is 0 Å². The molecule has 4 heterocycles. The molecule has 0 N–H and O–H groups in total. The molecule has 0 radical (unpaired) electrons. The van der Waals surface area contributed by atoms with Gasteiger partial charge in [-0.3, -0.25) is 19.6 Å². The number of hydrogen-bond donors (Lipinski definition) is 0. The highest BCUT2D eigenvalue weighted by Gasteiger charge is 2.34. The number of benzene rings is 3. The molecule has 0 spiro atoms. The third-order valence-electron chi connectivity index (χ3n) is 8.71. The SMILES string of the molecule is COc1cc2c(cc1OCCCOc1cc3c(cc1OC)C(=O)N1Cc4ccccc4C[C@@H]1C=N3)N=C[C@@H]1CCCN1C2=O. The minimum atomic E-state index is -0.108. The third-order valence-corrected chi connectivity index (χ3v) is 8.71. The Morgan fingerprint density at radius 3 is 1.98 bits per heavy atom. The van der Waals surface area contributed by atoms with Crippen LogP contribution in [0.25, 0.3) is 0 Å². The molecule has 1 saturated heterocycles. The lowest BCUT2D eigenvalue weighted by Crippen LogP contribution is -2.44. The third kappa shape index (κ3) is 5.04. The second-order valence-electron chi connectivity index (χ2n) is 11.3. The Hall–Kier alpha value is -4.86. The summed E-state index contributed by atoms with van der Waals surface area (Å²) < 4.78 is 23.3. The lowest BCUT2D eigenvalue weighted by atomic mass is 9.94. The van der Waals surface area contributed by atoms with Crippen molar-refractivity contribution in [1.82, 2.24) is 9.80 Å². The van der Waals surface area contributed by atoms with Gasteiger partial charge in [0.1, 0.15) is 0 Å². The molecule has 10 heteroatoms. The van der Waals surface area contributed by atoms with Crippen LogP contribution in [0.4, 0.5) is 11.4 Å². The molecule has 1 fully saturated rings. The highest BCUT2D eigenvalue weighted by atomic mass is 16.5. The zero-order chi connectivity index (χ0) is 30.2. The van der Waals surface area contributed by atoms with E-state index in [2.05, 4.69) is 17.1 Å². The molecule has 2 atom stereocenters. The van der Waals surface area contributed by atoms with Crippen LogP contribution in [0, 0.1) is 0 Å². The molecule has 3 aromatic carbocycles. The van der Waals surface area contributed by atoms with E-state index in [0.717, 1.165) is 31.4 Å². The Morgan fingerprint density at radius 2 is 1.34 bits per heavy atom. The number of rotatable bonds is 8. The van der Waals surface area contributed by atoms with Crippen molar-refractivity contribution in [3.63, 3.8) is 0 Å². The van der Waals surface area contributed by atoms with Gasteiger partial charge in [-0.1, -0.05) is 24.3 Å². The van der Waals surface area contributed by atoms with Crippen molar-refractivity contribution < 1.29 is 28.5 Å². The van der Waals surface area contributed by atoms with Crippen LogP contribution in [0.3, 0.4) is 0 Å². The molecule has 2 amide bonds. The van der Waals surface area contributed by atoms with E-state index >= 15 is 0 Å². The minimum absolute atomic E-state index is 0.0278. The summed E-state index contributed by atoms with van der Waals surface area (Å²) >= 11 is 0. The summed E-state index contributed by atoms with van der Waals surface area (Å²) in [6.45, 7) is 1.98. The maximum absolute atomic E-state index is 13.6. The van der Waals surface area contributed by atoms with Crippen molar-refractivity contribution in [3.8, 4) is 23.0 Å². The number of carbonyl (C=O) groups is 2. The van der Waals surface area contributed by atoms with E-state index in [-0.39, 0.29) is 23.9 Å². The maximum atomic E-state index is 13.6. The molecule has 7 rings (SSSR count). The lowest BCUT2D eigenvalue weighted by molar-refractivity contribution is 0.0702. The second-order valence-corrected chi connectivity index (χ2v) is 11.3. The van der Waals surface area contributed by atoms with Gasteiger partial charge in [0, 0.05) is 44.1 Å². The first kappa shape index (κ1) is 27.9. The van der Waals surface area contributed by atoms with E-state index in [0.29, 0.717) is 71.7 Å². The minimum Gasteiger partial charge on any atom is -0.493 e. The quantitative estimate of drug-likeness (QED) is 0.334. The molecule has 10 nitrogen and oxygen atoms in total. The Balaban J connectivity index is 1.02. The van der Waals surface area contributed by atoms with Crippen LogP contribution in [-0.2, 0) is 13.0 Å². The first-order valence-electron chi connectivity index (χ1n) is 15.0. The molecular formula is C34H34N4O6. The predicted octanol–water partition coefficient (Wildman–Crippen LogP) is 5.16. The summed E-state index contributed by atoms with van der Waals surface area (Å²) in [4.78, 5) is 39.8. The van der Waals surface area contributed by atoms with Crippen LogP contribution in [0.1, 0.15) is 51.1 Å². The van der Waals surface area contributed by atoms with Gasteiger partial charge >= 0.3 is 0 Å². The van der Waals surface area contributed by atoms with Gasteiger partial charge in [0.05, 0.1) is 62.0 Å². The van der Waals surface area contributed by atoms with Gasteiger partial charge in [-0.15, -0.1) is 0 Å². The van der Waals surface area contributed by atoms with Crippen LogP contribution in [0.15, 0.2) is 58.5 Å². The molecule has 226 valence electrons. The Labute approximate surface area is 255 Å². The van der Waals surface area contributed by atoms with E-state index in [9.17, 15) is 9.59 Å². The highest BCUT2D eigenvalue weighted by Crippen LogP contribution is 2.40. The van der Waals surface area contributed by atoms with Gasteiger partial charge < -0.3 is 28.7 Å². The first-order valence-corrected chi connectivity index (χ1v) is 15.0. The van der Waals surface area contributed by atoms with Gasteiger partial charge in [-0.2, -0.15) is 0 Å². The normalized spacial score (nSPS) is 19.7. The predicted molar refractivity (Wildman–Crippen MR) is 166 cm³/mol. The van der Waals surface area contributed by atoms with E-state index < -0.39 is 0 Å². The summed E-state index contributed by atoms with van der Waals surface area (Å²) in [6, 6.07) is 15.1. The van der Waals surface area contributed by atoms with Crippen LogP contribution < -0.4 is 18.9 Å². The van der Waals surface area contributed by atoms with Gasteiger partial charge in [0.15, 0.2) is 23.0 Å². The fourth-order valence-corrected chi connectivity index (χ4v) is 6.37. The molecule has 4 aliphatic rings. The lowest BCUT2D eigenvalue weighted by Gasteiger charge is -2.34. The zero-order valence-electron chi connectivity index (χ0n) is 24.8. The smallest absolute Gasteiger partial charge is 0.257 e. The molecule has 0 bridgehead atoms. The number of amides is 2. The Bertz CT molecular complexity index is 1680. The second kappa shape index (κ2) is 11.7. The number of methoxy groups -OCH3 is 2. The maximum Gasteiger partial charge on any atom is 0.257 e. The van der Waals surface area contributed by atoms with E-state index in [4.69, 9.17) is 23.9 Å². The zero-order valence-corrected chi connectivity index (χ0v) is 24.8. The largest absolute Gasteiger partial charge is 0.493 e. The van der Waals surface area contributed by atoms with Crippen molar-refractivity contribution >= 4 is 35.6 Å². The Kier molecular flexibility index (Phi) is 7.41. The number of ether oxygens (including phenoxy) is 4. The molecule has 0 aromatic heterocycles. The topological polar surface area (TPSA) is 102 Å². The van der Waals surface area contributed by atoms with Crippen LogP contribution in [0.2, 0.25) is 0 Å². The van der Waals surface area contributed by atoms with Crippen molar-refractivity contribution in [2.24, 2.45) is 9.98 Å². The van der Waals surface area contributed by atoms with Crippen LogP contribution >= 0.6 is 0 Å². The fraction of sp³-hybridized carbons (Fsp3) is 0.353. The van der Waals surface area contributed by atoms with Crippen molar-refractivity contribution in [2.75, 3.05) is 34.0 Å². The monoisotopic (exact) mass is 594 g/mol. The van der Waals surface area contributed by atoms with Crippen molar-refractivity contribution in [2.45, 2.75) is 44.3 Å². The average Bonchev–Trinajstić information content (AvgIpc) is 3.43. The summed E-state index contributed by atoms with van der Waals surface area (Å²) in [5.41, 5.74) is 4.57. The van der Waals surface area contributed by atoms with Crippen molar-refractivity contribution in [3.05, 3.63) is 70.8 Å².